The van der Waals surface area contributed by atoms with Crippen LogP contribution in [0.2, 0.25) is 0 Å². The molecule has 4 aromatic rings. The van der Waals surface area contributed by atoms with Gasteiger partial charge in [-0.05, 0) is 48.5 Å². The van der Waals surface area contributed by atoms with Gasteiger partial charge in [-0.2, -0.15) is 0 Å². The highest BCUT2D eigenvalue weighted by Gasteiger charge is 2.61. The summed E-state index contributed by atoms with van der Waals surface area (Å²) in [5.41, 5.74) is 2.02. The summed E-state index contributed by atoms with van der Waals surface area (Å²) in [7, 11) is 3.45. The second kappa shape index (κ2) is 13.4. The summed E-state index contributed by atoms with van der Waals surface area (Å²) in [6.07, 6.45) is 0. The van der Waals surface area contributed by atoms with Crippen molar-refractivity contribution in [3.05, 3.63) is 121 Å². The molecule has 4 N–H and O–H groups in total. The van der Waals surface area contributed by atoms with Crippen molar-refractivity contribution >= 4 is 89.6 Å². The molecule has 1 fully saturated rings. The van der Waals surface area contributed by atoms with Crippen LogP contribution in [0.5, 0.6) is 0 Å². The molecule has 1 saturated heterocycles. The summed E-state index contributed by atoms with van der Waals surface area (Å²) in [4.78, 5) is 55.3. The molecule has 0 bridgehead atoms. The Bertz CT molecular complexity index is 1320. The summed E-state index contributed by atoms with van der Waals surface area (Å²) in [5.74, 6) is -2.40. The first-order chi connectivity index (χ1) is 20.4. The summed E-state index contributed by atoms with van der Waals surface area (Å²) < 4.78 is -3.52. The first-order valence-corrected chi connectivity index (χ1v) is 16.9. The van der Waals surface area contributed by atoms with Crippen LogP contribution in [0.1, 0.15) is 0 Å². The summed E-state index contributed by atoms with van der Waals surface area (Å²) in [6, 6.07) is 35.1. The van der Waals surface area contributed by atoms with Crippen LogP contribution in [0.4, 0.5) is 22.7 Å². The van der Waals surface area contributed by atoms with Crippen LogP contribution in [0, 0.1) is 0 Å². The Kier molecular flexibility index (Phi) is 9.48. The molecule has 0 atom stereocenters. The third-order valence-corrected chi connectivity index (χ3v) is 14.2. The van der Waals surface area contributed by atoms with Crippen LogP contribution in [0.15, 0.2) is 121 Å². The van der Waals surface area contributed by atoms with Gasteiger partial charge in [-0.15, -0.1) is 0 Å². The largest absolute Gasteiger partial charge is 0.324 e. The molecule has 0 aliphatic carbocycles. The van der Waals surface area contributed by atoms with Gasteiger partial charge in [-0.3, -0.25) is 19.2 Å². The fourth-order valence-corrected chi connectivity index (χ4v) is 11.9. The van der Waals surface area contributed by atoms with Gasteiger partial charge in [0.05, 0.1) is 0 Å². The van der Waals surface area contributed by atoms with Gasteiger partial charge < -0.3 is 21.3 Å². The molecule has 0 aromatic heterocycles. The van der Waals surface area contributed by atoms with E-state index in [4.69, 9.17) is 0 Å². The molecule has 5 rings (SSSR count). The molecule has 4 aromatic carbocycles. The highest BCUT2D eigenvalue weighted by Crippen LogP contribution is 2.66. The minimum absolute atomic E-state index is 0.506. The van der Waals surface area contributed by atoms with E-state index in [0.29, 0.717) is 22.7 Å². The maximum Gasteiger partial charge on any atom is 0.262 e. The maximum absolute atomic E-state index is 13.8. The van der Waals surface area contributed by atoms with Gasteiger partial charge >= 0.3 is 0 Å². The van der Waals surface area contributed by atoms with E-state index in [9.17, 15) is 19.2 Å². The van der Waals surface area contributed by atoms with Crippen molar-refractivity contribution in [3.63, 3.8) is 0 Å². The number of carbonyl (C=O) groups excluding carboxylic acids is 4. The number of para-hydroxylation sites is 4. The van der Waals surface area contributed by atoms with Crippen molar-refractivity contribution in [2.75, 3.05) is 21.3 Å². The van der Waals surface area contributed by atoms with E-state index in [1.165, 1.54) is 0 Å². The van der Waals surface area contributed by atoms with Crippen molar-refractivity contribution in [1.82, 2.24) is 0 Å². The van der Waals surface area contributed by atoms with Crippen molar-refractivity contribution in [2.45, 2.75) is 8.16 Å². The van der Waals surface area contributed by atoms with Crippen LogP contribution in [-0.4, -0.2) is 31.8 Å². The third kappa shape index (κ3) is 6.62. The van der Waals surface area contributed by atoms with Gasteiger partial charge in [0.15, 0.2) is 0 Å². The average molecular weight is 633 g/mol. The summed E-state index contributed by atoms with van der Waals surface area (Å²) >= 11 is 0. The molecule has 1 aliphatic rings. The predicted molar refractivity (Wildman–Crippen MR) is 176 cm³/mol. The second-order valence-corrected chi connectivity index (χ2v) is 14.5. The summed E-state index contributed by atoms with van der Waals surface area (Å²) in [6.45, 7) is 0. The lowest BCUT2D eigenvalue weighted by molar-refractivity contribution is -0.126. The molecule has 4 amide bonds. The standard InChI is InChI=1S/C30H24N4O4S4/c35-25(31-21-13-5-1-6-14-21)29(26(36)32-22-15-7-2-8-16-22)39-41-30(42-40-29,27(37)33-23-17-9-3-10-18-23)28(38)34-24-19-11-4-12-20-24/h1-20H,(H,31,35)(H,32,36)(H,33,37)(H,34,38). The molecule has 0 unspecified atom stereocenters. The van der Waals surface area contributed by atoms with E-state index in [-0.39, 0.29) is 0 Å². The first kappa shape index (κ1) is 29.6. The van der Waals surface area contributed by atoms with Crippen LogP contribution in [-0.2, 0) is 19.2 Å². The van der Waals surface area contributed by atoms with Crippen molar-refractivity contribution in [2.24, 2.45) is 0 Å². The number of hydrogen-bond donors (Lipinski definition) is 4. The highest BCUT2D eigenvalue weighted by atomic mass is 33.2. The smallest absolute Gasteiger partial charge is 0.262 e. The Morgan fingerprint density at radius 1 is 0.357 bits per heavy atom. The quantitative estimate of drug-likeness (QED) is 0.125. The van der Waals surface area contributed by atoms with Crippen LogP contribution in [0.25, 0.3) is 0 Å². The molecule has 212 valence electrons. The van der Waals surface area contributed by atoms with E-state index in [2.05, 4.69) is 21.3 Å². The lowest BCUT2D eigenvalue weighted by Crippen LogP contribution is -2.53. The zero-order chi connectivity index (χ0) is 29.4. The highest BCUT2D eigenvalue weighted by molar-refractivity contribution is 8.95. The molecule has 1 aliphatic heterocycles. The molecule has 0 spiro atoms. The number of anilines is 4. The Balaban J connectivity index is 1.46. The minimum atomic E-state index is -1.76. The van der Waals surface area contributed by atoms with E-state index >= 15 is 0 Å². The van der Waals surface area contributed by atoms with Gasteiger partial charge in [0, 0.05) is 22.7 Å². The predicted octanol–water partition coefficient (Wildman–Crippen LogP) is 6.71. The zero-order valence-electron chi connectivity index (χ0n) is 21.8. The number of rotatable bonds is 8. The lowest BCUT2D eigenvalue weighted by atomic mass is 10.2. The number of amides is 4. The van der Waals surface area contributed by atoms with Gasteiger partial charge in [0.2, 0.25) is 8.16 Å². The van der Waals surface area contributed by atoms with Crippen molar-refractivity contribution in [1.29, 1.82) is 0 Å². The van der Waals surface area contributed by atoms with E-state index in [0.717, 1.165) is 43.2 Å². The topological polar surface area (TPSA) is 116 Å². The maximum atomic E-state index is 13.8. The SMILES string of the molecule is O=C(Nc1ccccc1)C1(C(=O)Nc2ccccc2)SSC(C(=O)Nc2ccccc2)(C(=O)Nc2ccccc2)SS1. The van der Waals surface area contributed by atoms with Gasteiger partial charge in [0.1, 0.15) is 0 Å². The van der Waals surface area contributed by atoms with E-state index in [1.807, 2.05) is 24.3 Å². The number of benzene rings is 4. The van der Waals surface area contributed by atoms with E-state index < -0.39 is 31.8 Å². The number of nitrogens with one attached hydrogen (secondary N) is 4. The van der Waals surface area contributed by atoms with Crippen molar-refractivity contribution < 1.29 is 19.2 Å². The zero-order valence-corrected chi connectivity index (χ0v) is 25.1. The average Bonchev–Trinajstić information content (AvgIpc) is 3.03. The Hall–Kier alpha value is -3.84. The fourth-order valence-electron chi connectivity index (χ4n) is 3.71. The molecule has 0 saturated carbocycles. The molecule has 1 heterocycles. The van der Waals surface area contributed by atoms with Crippen molar-refractivity contribution in [3.8, 4) is 0 Å². The van der Waals surface area contributed by atoms with Gasteiger partial charge in [-0.1, -0.05) is 116 Å². The monoisotopic (exact) mass is 632 g/mol. The molecule has 8 nitrogen and oxygen atoms in total. The van der Waals surface area contributed by atoms with Gasteiger partial charge in [0.25, 0.3) is 23.6 Å². The number of hydrogen-bond acceptors (Lipinski definition) is 8. The second-order valence-electron chi connectivity index (χ2n) is 8.85. The number of carbonyl (C=O) groups is 4. The lowest BCUT2D eigenvalue weighted by Gasteiger charge is -2.39. The Morgan fingerprint density at radius 3 is 0.738 bits per heavy atom. The molecule has 42 heavy (non-hydrogen) atoms. The molecule has 12 heteroatoms. The molecule has 0 radical (unpaired) electrons. The Labute approximate surface area is 258 Å². The first-order valence-electron chi connectivity index (χ1n) is 12.6. The Morgan fingerprint density at radius 2 is 0.548 bits per heavy atom. The summed E-state index contributed by atoms with van der Waals surface area (Å²) in [5, 5.41) is 11.3. The fraction of sp³-hybridized carbons (Fsp3) is 0.0667. The van der Waals surface area contributed by atoms with Crippen LogP contribution < -0.4 is 21.3 Å². The van der Waals surface area contributed by atoms with E-state index in [1.54, 1.807) is 97.1 Å². The third-order valence-electron chi connectivity index (χ3n) is 5.88. The molecular formula is C30H24N4O4S4. The molecular weight excluding hydrogens is 609 g/mol. The van der Waals surface area contributed by atoms with Crippen LogP contribution in [0.3, 0.4) is 0 Å². The van der Waals surface area contributed by atoms with Gasteiger partial charge in [-0.25, -0.2) is 0 Å². The minimum Gasteiger partial charge on any atom is -0.324 e. The van der Waals surface area contributed by atoms with Crippen LogP contribution >= 0.6 is 43.2 Å². The normalized spacial score (nSPS) is 15.0.